The first kappa shape index (κ1) is 41.9. The van der Waals surface area contributed by atoms with Gasteiger partial charge in [0.05, 0.1) is 23.9 Å². The number of alkyl carbamates (subject to hydrolysis) is 1. The van der Waals surface area contributed by atoms with Gasteiger partial charge in [-0.3, -0.25) is 9.78 Å². The van der Waals surface area contributed by atoms with Crippen molar-refractivity contribution in [2.24, 2.45) is 23.7 Å². The molecule has 0 saturated heterocycles. The molecule has 0 bridgehead atoms. The number of nitrogens with zero attached hydrogens (tertiary/aromatic N) is 1. The van der Waals surface area contributed by atoms with E-state index in [-0.39, 0.29) is 54.5 Å². The Hall–Kier alpha value is -4.25. The van der Waals surface area contributed by atoms with Gasteiger partial charge in [-0.15, -0.1) is 0 Å². The van der Waals surface area contributed by atoms with Crippen LogP contribution in [0.25, 0.3) is 0 Å². The van der Waals surface area contributed by atoms with Crippen molar-refractivity contribution in [3.63, 3.8) is 0 Å². The number of aromatic nitrogens is 1. The van der Waals surface area contributed by atoms with Crippen molar-refractivity contribution in [3.8, 4) is 0 Å². The van der Waals surface area contributed by atoms with E-state index >= 15 is 0 Å². The molecule has 6 atom stereocenters. The lowest BCUT2D eigenvalue weighted by molar-refractivity contribution is -0.141. The summed E-state index contributed by atoms with van der Waals surface area (Å²) < 4.78 is 48.4. The Morgan fingerprint density at radius 1 is 1.10 bits per heavy atom. The zero-order valence-corrected chi connectivity index (χ0v) is 30.0. The number of halogens is 3. The minimum Gasteiger partial charge on any atom is -0.455 e. The number of allylic oxidation sites excluding steroid dienone is 8. The van der Waals surface area contributed by atoms with E-state index in [1.807, 2.05) is 65.0 Å². The van der Waals surface area contributed by atoms with Crippen molar-refractivity contribution < 1.29 is 42.1 Å². The molecule has 2 N–H and O–H groups in total. The van der Waals surface area contributed by atoms with Crippen LogP contribution in [0, 0.1) is 23.7 Å². The number of ketones is 1. The molecule has 1 aliphatic heterocycles. The first-order valence-electron chi connectivity index (χ1n) is 16.8. The van der Waals surface area contributed by atoms with Gasteiger partial charge in [-0.1, -0.05) is 80.9 Å². The topological polar surface area (TPSA) is 115 Å². The van der Waals surface area contributed by atoms with Crippen molar-refractivity contribution in [2.75, 3.05) is 6.61 Å². The lowest BCUT2D eigenvalue weighted by Crippen LogP contribution is -2.34. The van der Waals surface area contributed by atoms with Crippen LogP contribution >= 0.6 is 0 Å². The largest absolute Gasteiger partial charge is 0.455 e. The van der Waals surface area contributed by atoms with Gasteiger partial charge in [-0.2, -0.15) is 13.2 Å². The Morgan fingerprint density at radius 3 is 2.44 bits per heavy atom. The summed E-state index contributed by atoms with van der Waals surface area (Å²) in [6, 6.07) is 2.08. The molecule has 0 spiro atoms. The van der Waals surface area contributed by atoms with Crippen molar-refractivity contribution in [3.05, 3.63) is 101 Å². The van der Waals surface area contributed by atoms with Gasteiger partial charge in [0.1, 0.15) is 18.5 Å². The SMILES string of the molecule is CC(=C/[C@H](C)C/C=C/C(C)=C/[C@@H](C)C(=O)[C@@H](C)[C@H](O)[C@@H](C)C/C(C)=C/COC(=O)NCc1ccc(C(F)(F)F)cn1)/C=C/[C@H]1CC=CC(=O)O1. The second-order valence-electron chi connectivity index (χ2n) is 13.1. The molecule has 0 saturated carbocycles. The second-order valence-corrected chi connectivity index (χ2v) is 13.1. The number of rotatable bonds is 17. The number of aliphatic hydroxyl groups excluding tert-OH is 1. The Morgan fingerprint density at radius 2 is 1.80 bits per heavy atom. The number of pyridine rings is 1. The second kappa shape index (κ2) is 20.4. The van der Waals surface area contributed by atoms with E-state index < -0.39 is 29.9 Å². The molecule has 274 valence electrons. The molecular weight excluding hydrogens is 649 g/mol. The quantitative estimate of drug-likeness (QED) is 0.0953. The van der Waals surface area contributed by atoms with Crippen LogP contribution < -0.4 is 5.32 Å². The maximum atomic E-state index is 13.2. The number of alkyl halides is 3. The van der Waals surface area contributed by atoms with Crippen molar-refractivity contribution >= 4 is 17.8 Å². The first-order valence-corrected chi connectivity index (χ1v) is 16.8. The Bertz CT molecular complexity index is 1470. The van der Waals surface area contributed by atoms with Crippen LogP contribution in [0.2, 0.25) is 0 Å². The number of cyclic esters (lactones) is 1. The summed E-state index contributed by atoms with van der Waals surface area (Å²) in [4.78, 5) is 40.2. The molecule has 11 heteroatoms. The number of ether oxygens (including phenoxy) is 2. The summed E-state index contributed by atoms with van der Waals surface area (Å²) in [6.45, 7) is 13.2. The maximum Gasteiger partial charge on any atom is 0.417 e. The van der Waals surface area contributed by atoms with Crippen LogP contribution in [-0.2, 0) is 31.8 Å². The molecule has 0 fully saturated rings. The smallest absolute Gasteiger partial charge is 0.417 e. The summed E-state index contributed by atoms with van der Waals surface area (Å²) in [5, 5.41) is 13.4. The van der Waals surface area contributed by atoms with Gasteiger partial charge in [0, 0.05) is 30.5 Å². The van der Waals surface area contributed by atoms with Crippen LogP contribution in [0.1, 0.15) is 79.0 Å². The third-order valence-corrected chi connectivity index (χ3v) is 8.26. The standard InChI is InChI=1S/C39H51F3N2O6/c1-25(20-27(3)14-17-34-12-9-13-35(45)50-34)10-8-11-26(2)21-29(5)36(46)31(7)37(47)30(6)22-28(4)18-19-49-38(48)44-24-33-16-15-32(23-43-33)39(40,41)42/h8-9,11,13-18,20-21,23,25,29-31,34,37,47H,10,12,19,22,24H2,1-7H3,(H,44,48)/b11-8+,17-14+,26-21+,27-20-,28-18+/t25-,29-,30+,31-,34-,37-/m1/s1. The molecule has 0 unspecified atom stereocenters. The van der Waals surface area contributed by atoms with E-state index in [1.54, 1.807) is 13.0 Å². The molecule has 0 radical (unpaired) electrons. The molecule has 2 heterocycles. The number of hydrogen-bond acceptors (Lipinski definition) is 7. The summed E-state index contributed by atoms with van der Waals surface area (Å²) >= 11 is 0. The molecule has 0 aromatic carbocycles. The minimum atomic E-state index is -4.48. The van der Waals surface area contributed by atoms with Gasteiger partial charge in [-0.25, -0.2) is 9.59 Å². The highest BCUT2D eigenvalue weighted by Crippen LogP contribution is 2.28. The normalized spacial score (nSPS) is 19.2. The lowest BCUT2D eigenvalue weighted by Gasteiger charge is -2.26. The number of hydrogen-bond donors (Lipinski definition) is 2. The molecule has 50 heavy (non-hydrogen) atoms. The van der Waals surface area contributed by atoms with Crippen LogP contribution in [0.5, 0.6) is 0 Å². The maximum absolute atomic E-state index is 13.2. The monoisotopic (exact) mass is 700 g/mol. The van der Waals surface area contributed by atoms with Crippen LogP contribution in [-0.4, -0.2) is 46.8 Å². The van der Waals surface area contributed by atoms with Gasteiger partial charge in [0.25, 0.3) is 0 Å². The van der Waals surface area contributed by atoms with E-state index in [0.717, 1.165) is 29.2 Å². The highest BCUT2D eigenvalue weighted by Gasteiger charge is 2.31. The van der Waals surface area contributed by atoms with Crippen LogP contribution in [0.4, 0.5) is 18.0 Å². The molecular formula is C39H51F3N2O6. The van der Waals surface area contributed by atoms with Gasteiger partial charge in [0.2, 0.25) is 0 Å². The van der Waals surface area contributed by atoms with Crippen LogP contribution in [0.15, 0.2) is 89.7 Å². The number of esters is 1. The third kappa shape index (κ3) is 15.5. The van der Waals surface area contributed by atoms with Gasteiger partial charge >= 0.3 is 18.2 Å². The fraction of sp³-hybridized carbons (Fsp3) is 0.487. The summed E-state index contributed by atoms with van der Waals surface area (Å²) in [7, 11) is 0. The summed E-state index contributed by atoms with van der Waals surface area (Å²) in [5.74, 6) is -1.29. The van der Waals surface area contributed by atoms with E-state index in [0.29, 0.717) is 19.0 Å². The molecule has 8 nitrogen and oxygen atoms in total. The van der Waals surface area contributed by atoms with E-state index in [1.165, 1.54) is 12.1 Å². The summed E-state index contributed by atoms with van der Waals surface area (Å²) in [6.07, 6.45) is 13.3. The van der Waals surface area contributed by atoms with Gasteiger partial charge in [0.15, 0.2) is 0 Å². The molecule has 0 aliphatic carbocycles. The predicted molar refractivity (Wildman–Crippen MR) is 188 cm³/mol. The number of Topliss-reactive ketones (excluding diaryl/α,β-unsaturated/α-hetero) is 1. The Kier molecular flexibility index (Phi) is 17.1. The predicted octanol–water partition coefficient (Wildman–Crippen LogP) is 8.40. The fourth-order valence-corrected chi connectivity index (χ4v) is 5.44. The minimum absolute atomic E-state index is 0.0349. The molecule has 1 aliphatic rings. The molecule has 1 aromatic rings. The molecule has 1 amide bonds. The Balaban J connectivity index is 1.76. The molecule has 2 rings (SSSR count). The van der Waals surface area contributed by atoms with E-state index in [4.69, 9.17) is 9.47 Å². The zero-order valence-electron chi connectivity index (χ0n) is 30.0. The number of nitrogens with one attached hydrogen (secondary N) is 1. The molecule has 1 aromatic heterocycles. The average molecular weight is 701 g/mol. The number of carbonyl (C=O) groups excluding carboxylic acids is 3. The highest BCUT2D eigenvalue weighted by molar-refractivity contribution is 5.85. The van der Waals surface area contributed by atoms with Gasteiger partial charge in [-0.05, 0) is 69.7 Å². The first-order chi connectivity index (χ1) is 23.5. The highest BCUT2D eigenvalue weighted by atomic mass is 19.4. The number of carbonyl (C=O) groups is 3. The fourth-order valence-electron chi connectivity index (χ4n) is 5.44. The summed E-state index contributed by atoms with van der Waals surface area (Å²) in [5.41, 5.74) is 2.29. The Labute approximate surface area is 293 Å². The number of amides is 1. The van der Waals surface area contributed by atoms with Crippen LogP contribution in [0.3, 0.4) is 0 Å². The zero-order chi connectivity index (χ0) is 37.4. The van der Waals surface area contributed by atoms with Crippen molar-refractivity contribution in [1.29, 1.82) is 0 Å². The van der Waals surface area contributed by atoms with Crippen molar-refractivity contribution in [1.82, 2.24) is 10.3 Å². The van der Waals surface area contributed by atoms with E-state index in [9.17, 15) is 32.7 Å². The third-order valence-electron chi connectivity index (χ3n) is 8.26. The van der Waals surface area contributed by atoms with Gasteiger partial charge < -0.3 is 19.9 Å². The average Bonchev–Trinajstić information content (AvgIpc) is 3.05. The lowest BCUT2D eigenvalue weighted by atomic mass is 9.83. The van der Waals surface area contributed by atoms with E-state index in [2.05, 4.69) is 29.4 Å². The van der Waals surface area contributed by atoms with Crippen molar-refractivity contribution in [2.45, 2.75) is 92.7 Å². The number of aliphatic hydroxyl groups is 1.